The Morgan fingerprint density at radius 1 is 0.750 bits per heavy atom. The lowest BCUT2D eigenvalue weighted by Crippen LogP contribution is -2.33. The molecule has 9 nitrogen and oxygen atoms in total. The highest BCUT2D eigenvalue weighted by atomic mass is 32.2. The van der Waals surface area contributed by atoms with Crippen molar-refractivity contribution in [1.29, 1.82) is 0 Å². The first kappa shape index (κ1) is 26.3. The fraction of sp³-hybridized carbons (Fsp3) is 0.818. The van der Waals surface area contributed by atoms with Crippen molar-refractivity contribution in [2.45, 2.75) is 90.6 Å². The third kappa shape index (κ3) is 10.1. The Morgan fingerprint density at radius 3 is 1.72 bits per heavy atom. The van der Waals surface area contributed by atoms with E-state index >= 15 is 0 Å². The Balaban J connectivity index is 1.52. The van der Waals surface area contributed by atoms with Gasteiger partial charge in [0.1, 0.15) is 0 Å². The van der Waals surface area contributed by atoms with Crippen LogP contribution in [0.4, 0.5) is 9.59 Å². The highest BCUT2D eigenvalue weighted by Gasteiger charge is 2.26. The summed E-state index contributed by atoms with van der Waals surface area (Å²) in [5.41, 5.74) is 0. The number of ether oxygens (including phenoxy) is 4. The molecule has 0 aromatic heterocycles. The zero-order valence-corrected chi connectivity index (χ0v) is 19.8. The van der Waals surface area contributed by atoms with Gasteiger partial charge >= 0.3 is 23.3 Å². The monoisotopic (exact) mass is 473 g/mol. The highest BCUT2D eigenvalue weighted by Crippen LogP contribution is 2.26. The second kappa shape index (κ2) is 14.2. The van der Waals surface area contributed by atoms with Crippen LogP contribution in [0.1, 0.15) is 78.1 Å². The molecule has 0 saturated heterocycles. The topological polar surface area (TPSA) is 117 Å². The van der Waals surface area contributed by atoms with E-state index in [0.717, 1.165) is 76.0 Å². The number of amides is 1. The maximum atomic E-state index is 12.1. The maximum absolute atomic E-state index is 12.1. The van der Waals surface area contributed by atoms with E-state index in [0.29, 0.717) is 0 Å². The largest absolute Gasteiger partial charge is 0.425 e. The van der Waals surface area contributed by atoms with E-state index in [-0.39, 0.29) is 36.1 Å². The molecule has 10 heteroatoms. The first-order valence-corrected chi connectivity index (χ1v) is 12.5. The van der Waals surface area contributed by atoms with Crippen molar-refractivity contribution >= 4 is 35.1 Å². The van der Waals surface area contributed by atoms with Crippen LogP contribution in [-0.2, 0) is 28.5 Å². The molecule has 2 fully saturated rings. The molecule has 0 heterocycles. The van der Waals surface area contributed by atoms with E-state index in [1.54, 1.807) is 0 Å². The van der Waals surface area contributed by atoms with Crippen molar-refractivity contribution in [2.24, 2.45) is 11.8 Å². The van der Waals surface area contributed by atoms with Gasteiger partial charge < -0.3 is 24.3 Å². The summed E-state index contributed by atoms with van der Waals surface area (Å²) in [5.74, 6) is -0.644. The summed E-state index contributed by atoms with van der Waals surface area (Å²) in [7, 11) is 0. The van der Waals surface area contributed by atoms with Gasteiger partial charge in [0.05, 0.1) is 11.8 Å². The average molecular weight is 474 g/mol. The summed E-state index contributed by atoms with van der Waals surface area (Å²) in [6.45, 7) is 3.14. The van der Waals surface area contributed by atoms with Gasteiger partial charge in [0.15, 0.2) is 0 Å². The van der Waals surface area contributed by atoms with Crippen molar-refractivity contribution in [3.8, 4) is 0 Å². The predicted octanol–water partition coefficient (Wildman–Crippen LogP) is 4.52. The van der Waals surface area contributed by atoms with Crippen molar-refractivity contribution in [1.82, 2.24) is 5.32 Å². The molecule has 2 atom stereocenters. The summed E-state index contributed by atoms with van der Waals surface area (Å²) in [6.07, 6.45) is 6.89. The Kier molecular flexibility index (Phi) is 11.7. The summed E-state index contributed by atoms with van der Waals surface area (Å²) < 4.78 is 20.5. The molecule has 2 rings (SSSR count). The minimum Gasteiger partial charge on any atom is -0.425 e. The van der Waals surface area contributed by atoms with Crippen LogP contribution in [0.2, 0.25) is 0 Å². The minimum atomic E-state index is -0.984. The van der Waals surface area contributed by atoms with Crippen LogP contribution in [0.5, 0.6) is 0 Å². The Morgan fingerprint density at radius 2 is 1.22 bits per heavy atom. The van der Waals surface area contributed by atoms with Gasteiger partial charge in [-0.2, -0.15) is 0 Å². The first-order valence-electron chi connectivity index (χ1n) is 11.5. The maximum Gasteiger partial charge on any atom is 0.410 e. The number of carbonyl (C=O) groups is 4. The number of thioether (sulfide) groups is 1. The third-order valence-electron chi connectivity index (χ3n) is 5.57. The lowest BCUT2D eigenvalue weighted by atomic mass is 9.89. The number of esters is 2. The fourth-order valence-electron chi connectivity index (χ4n) is 3.89. The summed E-state index contributed by atoms with van der Waals surface area (Å²) in [4.78, 5) is 47.8. The van der Waals surface area contributed by atoms with Crippen LogP contribution in [0, 0.1) is 11.8 Å². The molecule has 0 aromatic rings. The number of nitrogens with one attached hydrogen (secondary N) is 1. The molecule has 1 N–H and O–H groups in total. The smallest absolute Gasteiger partial charge is 0.410 e. The number of carbonyl (C=O) groups excluding carboxylic acids is 4. The van der Waals surface area contributed by atoms with Crippen LogP contribution in [-0.4, -0.2) is 48.2 Å². The molecule has 2 aliphatic carbocycles. The van der Waals surface area contributed by atoms with Gasteiger partial charge in [-0.3, -0.25) is 9.59 Å². The van der Waals surface area contributed by atoms with Crippen molar-refractivity contribution < 1.29 is 38.1 Å². The fourth-order valence-corrected chi connectivity index (χ4v) is 4.47. The van der Waals surface area contributed by atoms with E-state index < -0.39 is 24.0 Å². The van der Waals surface area contributed by atoms with Crippen LogP contribution < -0.4 is 5.32 Å². The zero-order valence-electron chi connectivity index (χ0n) is 19.0. The molecule has 0 aliphatic heterocycles. The van der Waals surface area contributed by atoms with Gasteiger partial charge in [-0.05, 0) is 37.4 Å². The van der Waals surface area contributed by atoms with Crippen molar-refractivity contribution in [3.63, 3.8) is 0 Å². The van der Waals surface area contributed by atoms with Crippen LogP contribution in [0.15, 0.2) is 0 Å². The molecule has 2 aliphatic rings. The van der Waals surface area contributed by atoms with Gasteiger partial charge in [0, 0.05) is 26.1 Å². The standard InChI is InChI=1S/C22H35NO8S/c1-15(28-19(24)17-9-5-3-6-10-17)30-21(26)23-13-14-32-22(27)31-16(2)29-20(25)18-11-7-4-8-12-18/h15-18H,3-14H2,1-2H3,(H,23,26)/t15-,16-/m1/s1. The number of hydrogen-bond acceptors (Lipinski definition) is 9. The average Bonchev–Trinajstić information content (AvgIpc) is 2.77. The molecule has 182 valence electrons. The van der Waals surface area contributed by atoms with Crippen molar-refractivity contribution in [2.75, 3.05) is 12.3 Å². The van der Waals surface area contributed by atoms with Gasteiger partial charge in [0.25, 0.3) is 0 Å². The third-order valence-corrected chi connectivity index (χ3v) is 6.31. The van der Waals surface area contributed by atoms with Gasteiger partial charge in [-0.1, -0.05) is 38.5 Å². The molecule has 0 radical (unpaired) electrons. The molecular formula is C22H35NO8S. The van der Waals surface area contributed by atoms with E-state index in [9.17, 15) is 19.2 Å². The Bertz CT molecular complexity index is 577. The van der Waals surface area contributed by atoms with Gasteiger partial charge in [0.2, 0.25) is 12.6 Å². The lowest BCUT2D eigenvalue weighted by Gasteiger charge is -2.22. The molecule has 0 aromatic carbocycles. The first-order chi connectivity index (χ1) is 15.3. The molecule has 0 unspecified atom stereocenters. The molecule has 0 spiro atoms. The minimum absolute atomic E-state index is 0.114. The van der Waals surface area contributed by atoms with Crippen LogP contribution in [0.25, 0.3) is 0 Å². The van der Waals surface area contributed by atoms with E-state index in [1.807, 2.05) is 0 Å². The molecule has 0 bridgehead atoms. The molecule has 32 heavy (non-hydrogen) atoms. The molecule has 2 saturated carbocycles. The second-order valence-electron chi connectivity index (χ2n) is 8.23. The molecule has 1 amide bonds. The van der Waals surface area contributed by atoms with Crippen molar-refractivity contribution in [3.05, 3.63) is 0 Å². The normalized spacial score (nSPS) is 19.3. The SMILES string of the molecule is C[C@@H](OC(=O)NCCSC(=O)O[C@H](C)OC(=O)C1CCCCC1)OC(=O)C1CCCCC1. The molecular weight excluding hydrogens is 438 g/mol. The number of alkyl carbamates (subject to hydrolysis) is 1. The number of rotatable bonds is 9. The summed E-state index contributed by atoms with van der Waals surface area (Å²) >= 11 is 0.850. The van der Waals surface area contributed by atoms with Gasteiger partial charge in [-0.25, -0.2) is 9.59 Å². The highest BCUT2D eigenvalue weighted by molar-refractivity contribution is 8.13. The lowest BCUT2D eigenvalue weighted by molar-refractivity contribution is -0.171. The van der Waals surface area contributed by atoms with Crippen LogP contribution in [0.3, 0.4) is 0 Å². The zero-order chi connectivity index (χ0) is 23.3. The quantitative estimate of drug-likeness (QED) is 0.293. The van der Waals surface area contributed by atoms with E-state index in [2.05, 4.69) is 5.32 Å². The van der Waals surface area contributed by atoms with E-state index in [4.69, 9.17) is 18.9 Å². The summed E-state index contributed by atoms with van der Waals surface area (Å²) in [6, 6.07) is 0. The van der Waals surface area contributed by atoms with E-state index in [1.165, 1.54) is 13.8 Å². The van der Waals surface area contributed by atoms with Gasteiger partial charge in [-0.15, -0.1) is 0 Å². The summed E-state index contributed by atoms with van der Waals surface area (Å²) in [5, 5.41) is 1.89. The predicted molar refractivity (Wildman–Crippen MR) is 118 cm³/mol. The second-order valence-corrected chi connectivity index (χ2v) is 9.26. The number of hydrogen-bond donors (Lipinski definition) is 1. The Hall–Kier alpha value is -1.97. The Labute approximate surface area is 193 Å². The van der Waals surface area contributed by atoms with Crippen LogP contribution >= 0.6 is 11.8 Å².